The Labute approximate surface area is 167 Å². The number of hydrogen-bond donors (Lipinski definition) is 2. The van der Waals surface area contributed by atoms with Gasteiger partial charge in [-0.15, -0.1) is 0 Å². The molecule has 0 aliphatic carbocycles. The molecule has 2 aromatic carbocycles. The Morgan fingerprint density at radius 3 is 2.54 bits per heavy atom. The minimum Gasteiger partial charge on any atom is -0.497 e. The van der Waals surface area contributed by atoms with Crippen molar-refractivity contribution in [2.24, 2.45) is 0 Å². The second-order valence-electron chi connectivity index (χ2n) is 6.11. The van der Waals surface area contributed by atoms with E-state index in [0.29, 0.717) is 16.7 Å². The van der Waals surface area contributed by atoms with Crippen LogP contribution in [0.3, 0.4) is 0 Å². The van der Waals surface area contributed by atoms with Crippen LogP contribution in [-0.4, -0.2) is 43.0 Å². The fraction of sp³-hybridized carbons (Fsp3) is 0.300. The molecule has 0 aliphatic heterocycles. The molecular weight excluding hydrogens is 378 g/mol. The van der Waals surface area contributed by atoms with Crippen molar-refractivity contribution < 1.29 is 19.0 Å². The lowest BCUT2D eigenvalue weighted by Crippen LogP contribution is -2.28. The lowest BCUT2D eigenvalue weighted by molar-refractivity contribution is -0.119. The van der Waals surface area contributed by atoms with Gasteiger partial charge in [-0.05, 0) is 37.3 Å². The predicted molar refractivity (Wildman–Crippen MR) is 109 cm³/mol. The van der Waals surface area contributed by atoms with Gasteiger partial charge in [0.25, 0.3) is 0 Å². The van der Waals surface area contributed by atoms with E-state index in [4.69, 9.17) is 14.2 Å². The zero-order valence-electron chi connectivity index (χ0n) is 16.2. The van der Waals surface area contributed by atoms with E-state index in [2.05, 4.69) is 15.3 Å². The Bertz CT molecular complexity index is 973. The first kappa shape index (κ1) is 19.9. The van der Waals surface area contributed by atoms with Crippen molar-refractivity contribution in [1.29, 1.82) is 0 Å². The van der Waals surface area contributed by atoms with E-state index in [9.17, 15) is 4.79 Å². The van der Waals surface area contributed by atoms with E-state index in [1.165, 1.54) is 11.8 Å². The number of imidazole rings is 1. The third-order valence-electron chi connectivity index (χ3n) is 4.29. The topological polar surface area (TPSA) is 85.5 Å². The van der Waals surface area contributed by atoms with Gasteiger partial charge in [-0.25, -0.2) is 4.98 Å². The molecule has 0 aliphatic rings. The molecule has 3 aromatic rings. The molecule has 8 heteroatoms. The van der Waals surface area contributed by atoms with Gasteiger partial charge >= 0.3 is 0 Å². The van der Waals surface area contributed by atoms with Crippen molar-refractivity contribution in [2.75, 3.05) is 27.1 Å². The highest BCUT2D eigenvalue weighted by molar-refractivity contribution is 7.99. The molecule has 0 fully saturated rings. The van der Waals surface area contributed by atoms with Gasteiger partial charge in [-0.1, -0.05) is 11.8 Å². The number of amides is 1. The maximum absolute atomic E-state index is 12.4. The smallest absolute Gasteiger partial charge is 0.230 e. The second kappa shape index (κ2) is 8.88. The number of aromatic amines is 1. The summed E-state index contributed by atoms with van der Waals surface area (Å²) in [4.78, 5) is 20.1. The number of carbonyl (C=O) groups excluding carboxylic acids is 1. The first-order valence-corrected chi connectivity index (χ1v) is 9.70. The van der Waals surface area contributed by atoms with Gasteiger partial charge in [0, 0.05) is 11.6 Å². The third kappa shape index (κ3) is 4.51. The lowest BCUT2D eigenvalue weighted by Gasteiger charge is -2.18. The highest BCUT2D eigenvalue weighted by Crippen LogP contribution is 2.29. The monoisotopic (exact) mass is 401 g/mol. The van der Waals surface area contributed by atoms with Crippen LogP contribution in [0, 0.1) is 0 Å². The highest BCUT2D eigenvalue weighted by atomic mass is 32.2. The zero-order valence-corrected chi connectivity index (χ0v) is 17.1. The highest BCUT2D eigenvalue weighted by Gasteiger charge is 2.16. The molecule has 0 saturated carbocycles. The standard InChI is InChI=1S/C20H23N3O4S/c1-12(15-9-13(25-2)6-8-18(15)27-4)21-19(24)11-28-20-22-16-7-5-14(26-3)10-17(16)23-20/h5-10,12H,11H2,1-4H3,(H,21,24)(H,22,23). The van der Waals surface area contributed by atoms with Crippen LogP contribution >= 0.6 is 11.8 Å². The number of methoxy groups -OCH3 is 3. The molecule has 0 spiro atoms. The van der Waals surface area contributed by atoms with Crippen molar-refractivity contribution in [3.8, 4) is 17.2 Å². The number of H-pyrrole nitrogens is 1. The number of hydrogen-bond acceptors (Lipinski definition) is 6. The van der Waals surface area contributed by atoms with Gasteiger partial charge in [0.2, 0.25) is 5.91 Å². The maximum atomic E-state index is 12.4. The van der Waals surface area contributed by atoms with Gasteiger partial charge in [-0.3, -0.25) is 4.79 Å². The van der Waals surface area contributed by atoms with Crippen LogP contribution in [0.4, 0.5) is 0 Å². The Morgan fingerprint density at radius 1 is 1.11 bits per heavy atom. The van der Waals surface area contributed by atoms with Crippen molar-refractivity contribution in [3.05, 3.63) is 42.0 Å². The molecule has 1 amide bonds. The summed E-state index contributed by atoms with van der Waals surface area (Å²) in [7, 11) is 4.83. The molecule has 1 atom stereocenters. The fourth-order valence-corrected chi connectivity index (χ4v) is 3.53. The van der Waals surface area contributed by atoms with Gasteiger partial charge in [0.1, 0.15) is 17.2 Å². The fourth-order valence-electron chi connectivity index (χ4n) is 2.83. The number of nitrogens with one attached hydrogen (secondary N) is 2. The van der Waals surface area contributed by atoms with Crippen molar-refractivity contribution in [3.63, 3.8) is 0 Å². The quantitative estimate of drug-likeness (QED) is 0.562. The first-order chi connectivity index (χ1) is 13.5. The maximum Gasteiger partial charge on any atom is 0.230 e. The first-order valence-electron chi connectivity index (χ1n) is 8.72. The predicted octanol–water partition coefficient (Wildman–Crippen LogP) is 3.56. The van der Waals surface area contributed by atoms with Crippen molar-refractivity contribution in [1.82, 2.24) is 15.3 Å². The average Bonchev–Trinajstić information content (AvgIpc) is 3.13. The molecule has 28 heavy (non-hydrogen) atoms. The van der Waals surface area contributed by atoms with E-state index in [-0.39, 0.29) is 17.7 Å². The van der Waals surface area contributed by atoms with Gasteiger partial charge in [-0.2, -0.15) is 0 Å². The van der Waals surface area contributed by atoms with Crippen LogP contribution in [0.1, 0.15) is 18.5 Å². The summed E-state index contributed by atoms with van der Waals surface area (Å²) in [6.07, 6.45) is 0. The molecule has 2 N–H and O–H groups in total. The van der Waals surface area contributed by atoms with Crippen molar-refractivity contribution in [2.45, 2.75) is 18.1 Å². The van der Waals surface area contributed by atoms with Gasteiger partial charge < -0.3 is 24.5 Å². The van der Waals surface area contributed by atoms with E-state index >= 15 is 0 Å². The summed E-state index contributed by atoms with van der Waals surface area (Å²) >= 11 is 1.35. The summed E-state index contributed by atoms with van der Waals surface area (Å²) in [6.45, 7) is 1.91. The van der Waals surface area contributed by atoms with Crippen molar-refractivity contribution >= 4 is 28.7 Å². The van der Waals surface area contributed by atoms with Gasteiger partial charge in [0.05, 0.1) is 44.2 Å². The molecule has 0 bridgehead atoms. The van der Waals surface area contributed by atoms with E-state index in [1.807, 2.05) is 43.3 Å². The number of benzene rings is 2. The second-order valence-corrected chi connectivity index (χ2v) is 7.07. The zero-order chi connectivity index (χ0) is 20.1. The van der Waals surface area contributed by atoms with Crippen LogP contribution < -0.4 is 19.5 Å². The molecule has 1 heterocycles. The third-order valence-corrected chi connectivity index (χ3v) is 5.16. The molecule has 7 nitrogen and oxygen atoms in total. The van der Waals surface area contributed by atoms with E-state index < -0.39 is 0 Å². The Hall–Kier alpha value is -2.87. The van der Waals surface area contributed by atoms with Crippen LogP contribution in [-0.2, 0) is 4.79 Å². The Balaban J connectivity index is 1.62. The van der Waals surface area contributed by atoms with Crippen LogP contribution in [0.5, 0.6) is 17.2 Å². The average molecular weight is 401 g/mol. The Kier molecular flexibility index (Phi) is 6.30. The molecular formula is C20H23N3O4S. The summed E-state index contributed by atoms with van der Waals surface area (Å²) in [6, 6.07) is 10.9. The number of fused-ring (bicyclic) bond motifs is 1. The SMILES string of the molecule is COc1ccc(OC)c(C(C)NC(=O)CSc2nc3ccc(OC)cc3[nH]2)c1. The molecule has 1 aromatic heterocycles. The number of aromatic nitrogens is 2. The van der Waals surface area contributed by atoms with Crippen LogP contribution in [0.15, 0.2) is 41.6 Å². The minimum absolute atomic E-state index is 0.0968. The summed E-state index contributed by atoms with van der Waals surface area (Å²) < 4.78 is 15.9. The molecule has 3 rings (SSSR count). The number of carbonyl (C=O) groups is 1. The summed E-state index contributed by atoms with van der Waals surface area (Å²) in [5, 5.41) is 3.67. The lowest BCUT2D eigenvalue weighted by atomic mass is 10.1. The van der Waals surface area contributed by atoms with Crippen LogP contribution in [0.25, 0.3) is 11.0 Å². The van der Waals surface area contributed by atoms with Gasteiger partial charge in [0.15, 0.2) is 5.16 Å². The number of ether oxygens (including phenoxy) is 3. The molecule has 1 unspecified atom stereocenters. The summed E-state index contributed by atoms with van der Waals surface area (Å²) in [5.41, 5.74) is 2.56. The molecule has 148 valence electrons. The number of nitrogens with zero attached hydrogens (tertiary/aromatic N) is 1. The van der Waals surface area contributed by atoms with Crippen LogP contribution in [0.2, 0.25) is 0 Å². The summed E-state index contributed by atoms with van der Waals surface area (Å²) in [5.74, 6) is 2.32. The molecule has 0 radical (unpaired) electrons. The largest absolute Gasteiger partial charge is 0.497 e. The van der Waals surface area contributed by atoms with E-state index in [1.54, 1.807) is 21.3 Å². The van der Waals surface area contributed by atoms with E-state index in [0.717, 1.165) is 22.3 Å². The molecule has 0 saturated heterocycles. The minimum atomic E-state index is -0.224. The normalized spacial score (nSPS) is 11.9. The number of thioether (sulfide) groups is 1. The Morgan fingerprint density at radius 2 is 1.82 bits per heavy atom. The number of rotatable bonds is 8.